The third-order valence-electron chi connectivity index (χ3n) is 2.74. The van der Waals surface area contributed by atoms with Crippen molar-refractivity contribution in [3.63, 3.8) is 0 Å². The molecule has 0 aromatic carbocycles. The van der Waals surface area contributed by atoms with E-state index in [1.807, 2.05) is 0 Å². The minimum absolute atomic E-state index is 0.262. The molecule has 3 nitrogen and oxygen atoms in total. The van der Waals surface area contributed by atoms with Gasteiger partial charge in [0.15, 0.2) is 5.78 Å². The van der Waals surface area contributed by atoms with Gasteiger partial charge in [-0.1, -0.05) is 13.8 Å². The van der Waals surface area contributed by atoms with Gasteiger partial charge in [0, 0.05) is 31.3 Å². The molecule has 0 amide bonds. The van der Waals surface area contributed by atoms with E-state index in [4.69, 9.17) is 0 Å². The van der Waals surface area contributed by atoms with Crippen molar-refractivity contribution >= 4 is 5.78 Å². The maximum atomic E-state index is 11.0. The third kappa shape index (κ3) is 4.47. The minimum Gasteiger partial charge on any atom is -0.387 e. The van der Waals surface area contributed by atoms with E-state index in [-0.39, 0.29) is 5.78 Å². The number of hydrogen-bond acceptors (Lipinski definition) is 3. The number of ketones is 1. The fraction of sp³-hybridized carbons (Fsp3) is 0.750. The van der Waals surface area contributed by atoms with E-state index >= 15 is 0 Å². The monoisotopic (exact) mass is 210 g/mol. The summed E-state index contributed by atoms with van der Waals surface area (Å²) in [7, 11) is 0. The third-order valence-corrected chi connectivity index (χ3v) is 2.74. The summed E-state index contributed by atoms with van der Waals surface area (Å²) in [4.78, 5) is 13.4. The van der Waals surface area contributed by atoms with E-state index in [2.05, 4.69) is 24.1 Å². The number of nitrogens with zero attached hydrogens (tertiary/aromatic N) is 1. The molecule has 0 radical (unpaired) electrons. The molecule has 86 valence electrons. The maximum Gasteiger partial charge on any atom is 0.157 e. The van der Waals surface area contributed by atoms with Crippen LogP contribution in [0.3, 0.4) is 0 Å². The molecule has 0 saturated carbocycles. The van der Waals surface area contributed by atoms with Crippen LogP contribution < -0.4 is 5.32 Å². The molecule has 3 heteroatoms. The average Bonchev–Trinajstić information content (AvgIpc) is 2.63. The Morgan fingerprint density at radius 1 is 1.33 bits per heavy atom. The van der Waals surface area contributed by atoms with E-state index in [1.54, 1.807) is 6.08 Å². The number of likely N-dealkylation sites (N-methyl/N-ethyl adjacent to an activating group) is 1. The molecular formula is C12H22N2O. The predicted octanol–water partition coefficient (Wildman–Crippen LogP) is 1.55. The quantitative estimate of drug-likeness (QED) is 0.692. The van der Waals surface area contributed by atoms with E-state index in [0.717, 1.165) is 38.3 Å². The Kier molecular flexibility index (Phi) is 5.40. The molecule has 1 aliphatic carbocycles. The summed E-state index contributed by atoms with van der Waals surface area (Å²) < 4.78 is 0. The average molecular weight is 210 g/mol. The molecule has 15 heavy (non-hydrogen) atoms. The van der Waals surface area contributed by atoms with Crippen LogP contribution in [0.25, 0.3) is 0 Å². The standard InChI is InChI=1S/C12H22N2O/c1-3-8-14(4-2)9-7-13-11-5-6-12(15)10-11/h10,13H,3-9H2,1-2H3. The summed E-state index contributed by atoms with van der Waals surface area (Å²) in [5.41, 5.74) is 1.12. The summed E-state index contributed by atoms with van der Waals surface area (Å²) in [6, 6.07) is 0. The van der Waals surface area contributed by atoms with E-state index in [0.29, 0.717) is 6.42 Å². The Balaban J connectivity index is 2.14. The first-order valence-corrected chi connectivity index (χ1v) is 5.96. The van der Waals surface area contributed by atoms with Crippen molar-refractivity contribution in [1.29, 1.82) is 0 Å². The molecule has 0 atom stereocenters. The molecule has 0 heterocycles. The van der Waals surface area contributed by atoms with Gasteiger partial charge >= 0.3 is 0 Å². The fourth-order valence-corrected chi connectivity index (χ4v) is 1.85. The largest absolute Gasteiger partial charge is 0.387 e. The Bertz CT molecular complexity index is 236. The van der Waals surface area contributed by atoms with Crippen LogP contribution in [0.4, 0.5) is 0 Å². The number of carbonyl (C=O) groups excluding carboxylic acids is 1. The van der Waals surface area contributed by atoms with Crippen molar-refractivity contribution in [1.82, 2.24) is 10.2 Å². The number of carbonyl (C=O) groups is 1. The van der Waals surface area contributed by atoms with Crippen LogP contribution in [0.2, 0.25) is 0 Å². The smallest absolute Gasteiger partial charge is 0.157 e. The molecule has 0 fully saturated rings. The molecule has 0 aromatic heterocycles. The van der Waals surface area contributed by atoms with Crippen molar-refractivity contribution in [3.8, 4) is 0 Å². The van der Waals surface area contributed by atoms with Crippen molar-refractivity contribution < 1.29 is 4.79 Å². The van der Waals surface area contributed by atoms with Crippen molar-refractivity contribution in [2.45, 2.75) is 33.1 Å². The van der Waals surface area contributed by atoms with Crippen LogP contribution >= 0.6 is 0 Å². The first-order valence-electron chi connectivity index (χ1n) is 5.96. The second-order valence-corrected chi connectivity index (χ2v) is 4.00. The van der Waals surface area contributed by atoms with Crippen LogP contribution in [-0.2, 0) is 4.79 Å². The van der Waals surface area contributed by atoms with Gasteiger partial charge in [0.25, 0.3) is 0 Å². The topological polar surface area (TPSA) is 32.3 Å². The summed E-state index contributed by atoms with van der Waals surface area (Å²) >= 11 is 0. The molecule has 1 N–H and O–H groups in total. The Morgan fingerprint density at radius 2 is 2.13 bits per heavy atom. The second-order valence-electron chi connectivity index (χ2n) is 4.00. The molecule has 1 rings (SSSR count). The van der Waals surface area contributed by atoms with E-state index in [9.17, 15) is 4.79 Å². The van der Waals surface area contributed by atoms with Crippen molar-refractivity contribution in [2.24, 2.45) is 0 Å². The Labute approximate surface area is 92.5 Å². The van der Waals surface area contributed by atoms with Gasteiger partial charge in [0.05, 0.1) is 0 Å². The highest BCUT2D eigenvalue weighted by Crippen LogP contribution is 2.11. The predicted molar refractivity (Wildman–Crippen MR) is 62.7 cm³/mol. The van der Waals surface area contributed by atoms with Gasteiger partial charge in [-0.25, -0.2) is 0 Å². The summed E-state index contributed by atoms with van der Waals surface area (Å²) in [5, 5.41) is 3.33. The molecule has 1 aliphatic rings. The van der Waals surface area contributed by atoms with Gasteiger partial charge < -0.3 is 10.2 Å². The molecule has 0 saturated heterocycles. The molecule has 0 bridgehead atoms. The van der Waals surface area contributed by atoms with Gasteiger partial charge in [0.1, 0.15) is 0 Å². The zero-order valence-corrected chi connectivity index (χ0v) is 9.88. The first kappa shape index (κ1) is 12.2. The van der Waals surface area contributed by atoms with Gasteiger partial charge in [-0.05, 0) is 25.9 Å². The maximum absolute atomic E-state index is 11.0. The van der Waals surface area contributed by atoms with Gasteiger partial charge in [-0.3, -0.25) is 4.79 Å². The lowest BCUT2D eigenvalue weighted by Crippen LogP contribution is -2.32. The summed E-state index contributed by atoms with van der Waals surface area (Å²) in [5.74, 6) is 0.262. The highest BCUT2D eigenvalue weighted by atomic mass is 16.1. The van der Waals surface area contributed by atoms with Crippen LogP contribution in [-0.4, -0.2) is 36.9 Å². The molecule has 0 aromatic rings. The minimum atomic E-state index is 0.262. The van der Waals surface area contributed by atoms with Crippen molar-refractivity contribution in [2.75, 3.05) is 26.2 Å². The van der Waals surface area contributed by atoms with Gasteiger partial charge in [0.2, 0.25) is 0 Å². The van der Waals surface area contributed by atoms with Gasteiger partial charge in [-0.2, -0.15) is 0 Å². The lowest BCUT2D eigenvalue weighted by Gasteiger charge is -2.20. The van der Waals surface area contributed by atoms with Crippen molar-refractivity contribution in [3.05, 3.63) is 11.8 Å². The lowest BCUT2D eigenvalue weighted by molar-refractivity contribution is -0.114. The number of rotatable bonds is 7. The highest BCUT2D eigenvalue weighted by Gasteiger charge is 2.11. The molecule has 0 unspecified atom stereocenters. The van der Waals surface area contributed by atoms with E-state index < -0.39 is 0 Å². The summed E-state index contributed by atoms with van der Waals surface area (Å²) in [6.45, 7) is 8.68. The second kappa shape index (κ2) is 6.62. The number of nitrogens with one attached hydrogen (secondary N) is 1. The summed E-state index contributed by atoms with van der Waals surface area (Å²) in [6.07, 6.45) is 4.54. The SMILES string of the molecule is CCCN(CC)CCNC1=CC(=O)CC1. The van der Waals surface area contributed by atoms with Crippen LogP contribution in [0.1, 0.15) is 33.1 Å². The lowest BCUT2D eigenvalue weighted by atomic mass is 10.3. The zero-order chi connectivity index (χ0) is 11.1. The molecule has 0 spiro atoms. The number of allylic oxidation sites excluding steroid dienone is 2. The molecule has 0 aliphatic heterocycles. The molecular weight excluding hydrogens is 188 g/mol. The Morgan fingerprint density at radius 3 is 2.67 bits per heavy atom. The highest BCUT2D eigenvalue weighted by molar-refractivity contribution is 5.92. The van der Waals surface area contributed by atoms with Gasteiger partial charge in [-0.15, -0.1) is 0 Å². The number of hydrogen-bond donors (Lipinski definition) is 1. The fourth-order valence-electron chi connectivity index (χ4n) is 1.85. The van der Waals surface area contributed by atoms with E-state index in [1.165, 1.54) is 6.42 Å². The van der Waals surface area contributed by atoms with Crippen LogP contribution in [0.5, 0.6) is 0 Å². The van der Waals surface area contributed by atoms with Crippen LogP contribution in [0.15, 0.2) is 11.8 Å². The normalized spacial score (nSPS) is 15.9. The first-order chi connectivity index (χ1) is 7.26. The Hall–Kier alpha value is -0.830. The zero-order valence-electron chi connectivity index (χ0n) is 9.88. The van der Waals surface area contributed by atoms with Crippen LogP contribution in [0, 0.1) is 0 Å².